The first-order valence-corrected chi connectivity index (χ1v) is 13.7. The summed E-state index contributed by atoms with van der Waals surface area (Å²) >= 11 is 7.27. The highest BCUT2D eigenvalue weighted by molar-refractivity contribution is 7.11. The maximum Gasteiger partial charge on any atom is 0.313 e. The molecule has 0 atom stereocenters. The molecule has 1 aliphatic rings. The molecule has 0 unspecified atom stereocenters. The van der Waals surface area contributed by atoms with Gasteiger partial charge in [0.2, 0.25) is 0 Å². The van der Waals surface area contributed by atoms with Crippen LogP contribution in [0.4, 0.5) is 10.1 Å². The lowest BCUT2D eigenvalue weighted by Crippen LogP contribution is -2.65. The maximum absolute atomic E-state index is 13.7. The Labute approximate surface area is 232 Å². The summed E-state index contributed by atoms with van der Waals surface area (Å²) in [5.74, 6) is -2.31. The molecule has 0 radical (unpaired) electrons. The van der Waals surface area contributed by atoms with Crippen molar-refractivity contribution in [3.8, 4) is 0 Å². The number of aliphatic hydroxyl groups is 1. The Morgan fingerprint density at radius 3 is 2.42 bits per heavy atom. The molecule has 1 aromatic carbocycles. The second-order valence-corrected chi connectivity index (χ2v) is 12.5. The molecule has 0 bridgehead atoms. The summed E-state index contributed by atoms with van der Waals surface area (Å²) < 4.78 is 13.7. The van der Waals surface area contributed by atoms with E-state index in [2.05, 4.69) is 48.5 Å². The molecular formula is C27H37ClFN5O3S. The van der Waals surface area contributed by atoms with Crippen LogP contribution in [-0.4, -0.2) is 52.0 Å². The number of anilines is 1. The first kappa shape index (κ1) is 29.9. The fourth-order valence-corrected chi connectivity index (χ4v) is 6.12. The van der Waals surface area contributed by atoms with Gasteiger partial charge in [0.1, 0.15) is 5.82 Å². The van der Waals surface area contributed by atoms with E-state index in [-0.39, 0.29) is 34.4 Å². The van der Waals surface area contributed by atoms with E-state index in [0.29, 0.717) is 25.1 Å². The van der Waals surface area contributed by atoms with Crippen molar-refractivity contribution >= 4 is 40.4 Å². The second kappa shape index (κ2) is 12.5. The van der Waals surface area contributed by atoms with E-state index >= 15 is 0 Å². The van der Waals surface area contributed by atoms with Crippen LogP contribution in [0.3, 0.4) is 0 Å². The molecule has 8 nitrogen and oxygen atoms in total. The summed E-state index contributed by atoms with van der Waals surface area (Å²) in [4.78, 5) is 29.5. The van der Waals surface area contributed by atoms with Crippen molar-refractivity contribution in [1.82, 2.24) is 15.5 Å². The van der Waals surface area contributed by atoms with Gasteiger partial charge in [0.15, 0.2) is 0 Å². The van der Waals surface area contributed by atoms with E-state index in [1.54, 1.807) is 11.3 Å². The summed E-state index contributed by atoms with van der Waals surface area (Å²) in [7, 11) is 0. The van der Waals surface area contributed by atoms with Gasteiger partial charge in [0.25, 0.3) is 0 Å². The Hall–Kier alpha value is -2.66. The molecule has 6 N–H and O–H groups in total. The number of thiophene rings is 1. The second-order valence-electron chi connectivity index (χ2n) is 10.8. The van der Waals surface area contributed by atoms with E-state index in [9.17, 15) is 19.1 Å². The highest BCUT2D eigenvalue weighted by atomic mass is 35.5. The lowest BCUT2D eigenvalue weighted by Gasteiger charge is -2.55. The molecule has 1 aliphatic heterocycles. The normalized spacial score (nSPS) is 17.7. The molecule has 0 aliphatic carbocycles. The fraction of sp³-hybridized carbons (Fsp3) is 0.481. The van der Waals surface area contributed by atoms with Crippen molar-refractivity contribution in [1.29, 1.82) is 0 Å². The number of piperidine rings is 1. The first-order valence-electron chi connectivity index (χ1n) is 12.5. The molecule has 0 saturated carbocycles. The lowest BCUT2D eigenvalue weighted by atomic mass is 9.76. The van der Waals surface area contributed by atoms with Gasteiger partial charge >= 0.3 is 11.8 Å². The molecule has 1 fully saturated rings. The number of likely N-dealkylation sites (tertiary alicyclic amines) is 1. The standard InChI is InChI=1S/C27H37ClFN5O3S/c1-26(2)12-19(33-25(37)24(36)32-18-5-8-22(28)23(29)11-18)13-27(3,4)34(26)15-17(30)14-31-10-9-20-6-7-21(16-35)38-20/h5-8,11,14,19,31,35H,9-10,12-13,15-16,30H2,1-4H3,(H,32,36)(H,33,37)/b17-14-. The van der Waals surface area contributed by atoms with Crippen molar-refractivity contribution in [2.24, 2.45) is 5.73 Å². The first-order chi connectivity index (χ1) is 17.8. The number of rotatable bonds is 9. The van der Waals surface area contributed by atoms with E-state index in [1.165, 1.54) is 17.0 Å². The van der Waals surface area contributed by atoms with Crippen LogP contribution in [-0.2, 0) is 22.6 Å². The van der Waals surface area contributed by atoms with Gasteiger partial charge in [-0.3, -0.25) is 14.5 Å². The van der Waals surface area contributed by atoms with Gasteiger partial charge in [-0.05, 0) is 77.3 Å². The fourth-order valence-electron chi connectivity index (χ4n) is 5.13. The van der Waals surface area contributed by atoms with Gasteiger partial charge in [-0.1, -0.05) is 11.6 Å². The largest absolute Gasteiger partial charge is 0.400 e. The van der Waals surface area contributed by atoms with E-state index < -0.39 is 17.6 Å². The average Bonchev–Trinajstić information content (AvgIpc) is 3.29. The van der Waals surface area contributed by atoms with Crippen molar-refractivity contribution < 1.29 is 19.1 Å². The van der Waals surface area contributed by atoms with Crippen molar-refractivity contribution in [2.45, 2.75) is 70.7 Å². The number of carbonyl (C=O) groups excluding carboxylic acids is 2. The Morgan fingerprint density at radius 2 is 1.82 bits per heavy atom. The predicted molar refractivity (Wildman–Crippen MR) is 150 cm³/mol. The van der Waals surface area contributed by atoms with E-state index in [0.717, 1.165) is 23.9 Å². The number of nitrogens with zero attached hydrogens (tertiary/aromatic N) is 1. The number of nitrogens with one attached hydrogen (secondary N) is 3. The summed E-state index contributed by atoms with van der Waals surface area (Å²) in [5, 5.41) is 17.7. The molecule has 2 heterocycles. The van der Waals surface area contributed by atoms with Crippen LogP contribution in [0.2, 0.25) is 5.02 Å². The van der Waals surface area contributed by atoms with Crippen LogP contribution in [0.25, 0.3) is 0 Å². The Kier molecular flexibility index (Phi) is 9.80. The lowest BCUT2D eigenvalue weighted by molar-refractivity contribution is -0.137. The number of aliphatic hydroxyl groups excluding tert-OH is 1. The Bertz CT molecular complexity index is 1170. The topological polar surface area (TPSA) is 120 Å². The number of hydrogen-bond donors (Lipinski definition) is 5. The molecule has 1 saturated heterocycles. The van der Waals surface area contributed by atoms with Gasteiger partial charge in [-0.15, -0.1) is 11.3 Å². The van der Waals surface area contributed by atoms with Gasteiger partial charge in [-0.25, -0.2) is 4.39 Å². The van der Waals surface area contributed by atoms with Crippen LogP contribution in [0, 0.1) is 5.82 Å². The highest BCUT2D eigenvalue weighted by Crippen LogP contribution is 2.38. The predicted octanol–water partition coefficient (Wildman–Crippen LogP) is 3.74. The quantitative estimate of drug-likeness (QED) is 0.233. The Balaban J connectivity index is 1.54. The molecule has 2 aromatic rings. The number of hydrogen-bond acceptors (Lipinski definition) is 7. The average molecular weight is 566 g/mol. The number of carbonyl (C=O) groups is 2. The highest BCUT2D eigenvalue weighted by Gasteiger charge is 2.45. The van der Waals surface area contributed by atoms with Crippen molar-refractivity contribution in [2.75, 3.05) is 18.4 Å². The third kappa shape index (κ3) is 7.92. The molecule has 38 heavy (non-hydrogen) atoms. The molecule has 0 spiro atoms. The minimum absolute atomic E-state index is 0.0642. The zero-order valence-electron chi connectivity index (χ0n) is 22.2. The van der Waals surface area contributed by atoms with Gasteiger partial charge in [0, 0.05) is 57.5 Å². The molecule has 3 rings (SSSR count). The van der Waals surface area contributed by atoms with Crippen molar-refractivity contribution in [3.05, 3.63) is 62.8 Å². The maximum atomic E-state index is 13.7. The minimum Gasteiger partial charge on any atom is -0.400 e. The molecule has 208 valence electrons. The van der Waals surface area contributed by atoms with Crippen LogP contribution in [0.5, 0.6) is 0 Å². The minimum atomic E-state index is -0.863. The zero-order valence-corrected chi connectivity index (χ0v) is 23.8. The summed E-state index contributed by atoms with van der Waals surface area (Å²) in [5.41, 5.74) is 6.60. The number of halogens is 2. The molecule has 2 amide bonds. The van der Waals surface area contributed by atoms with Crippen molar-refractivity contribution in [3.63, 3.8) is 0 Å². The van der Waals surface area contributed by atoms with Gasteiger partial charge in [-0.2, -0.15) is 0 Å². The number of benzene rings is 1. The Morgan fingerprint density at radius 1 is 1.16 bits per heavy atom. The smallest absolute Gasteiger partial charge is 0.313 e. The van der Waals surface area contributed by atoms with Crippen LogP contribution < -0.4 is 21.7 Å². The SMILES string of the molecule is CC1(C)CC(NC(=O)C(=O)Nc2ccc(Cl)c(F)c2)CC(C)(C)N1C/C(N)=C/NCCc1ccc(CO)s1. The van der Waals surface area contributed by atoms with Crippen LogP contribution in [0.1, 0.15) is 50.3 Å². The summed E-state index contributed by atoms with van der Waals surface area (Å²) in [6, 6.07) is 7.56. The summed E-state index contributed by atoms with van der Waals surface area (Å²) in [6.07, 6.45) is 3.93. The third-order valence-electron chi connectivity index (χ3n) is 6.69. The molecule has 1 aromatic heterocycles. The van der Waals surface area contributed by atoms with Gasteiger partial charge < -0.3 is 26.8 Å². The van der Waals surface area contributed by atoms with E-state index in [4.69, 9.17) is 17.3 Å². The zero-order chi connectivity index (χ0) is 28.1. The number of nitrogens with two attached hydrogens (primary N) is 1. The summed E-state index contributed by atoms with van der Waals surface area (Å²) in [6.45, 7) is 9.73. The molecule has 11 heteroatoms. The van der Waals surface area contributed by atoms with Crippen LogP contribution in [0.15, 0.2) is 42.2 Å². The molecular weight excluding hydrogens is 529 g/mol. The van der Waals surface area contributed by atoms with E-state index in [1.807, 2.05) is 18.3 Å². The number of amides is 2. The van der Waals surface area contributed by atoms with Gasteiger partial charge in [0.05, 0.1) is 11.6 Å². The third-order valence-corrected chi connectivity index (χ3v) is 8.13. The van der Waals surface area contributed by atoms with Crippen LogP contribution >= 0.6 is 22.9 Å². The monoisotopic (exact) mass is 565 g/mol.